The smallest absolute Gasteiger partial charge is 0.222 e. The molecule has 128 valence electrons. The number of aromatic nitrogens is 1. The predicted molar refractivity (Wildman–Crippen MR) is 89.2 cm³/mol. The third-order valence-corrected chi connectivity index (χ3v) is 4.03. The summed E-state index contributed by atoms with van der Waals surface area (Å²) >= 11 is 0. The molecule has 0 aliphatic carbocycles. The number of nitrogens with zero attached hydrogens (tertiary/aromatic N) is 2. The van der Waals surface area contributed by atoms with Gasteiger partial charge in [0.25, 0.3) is 0 Å². The van der Waals surface area contributed by atoms with E-state index in [-0.39, 0.29) is 12.0 Å². The Labute approximate surface area is 141 Å². The summed E-state index contributed by atoms with van der Waals surface area (Å²) in [7, 11) is 0. The van der Waals surface area contributed by atoms with Gasteiger partial charge in [-0.05, 0) is 12.5 Å². The lowest BCUT2D eigenvalue weighted by Crippen LogP contribution is -2.44. The summed E-state index contributed by atoms with van der Waals surface area (Å²) in [6.07, 6.45) is 0.295. The summed E-state index contributed by atoms with van der Waals surface area (Å²) in [6, 6.07) is 12.2. The average molecular weight is 329 g/mol. The van der Waals surface area contributed by atoms with Crippen molar-refractivity contribution in [3.63, 3.8) is 0 Å². The number of benzene rings is 1. The molecule has 1 aromatic heterocycles. The highest BCUT2D eigenvalue weighted by Gasteiger charge is 2.23. The van der Waals surface area contributed by atoms with E-state index in [1.54, 1.807) is 0 Å². The highest BCUT2D eigenvalue weighted by Crippen LogP contribution is 2.12. The molecule has 1 atom stereocenters. The van der Waals surface area contributed by atoms with Crippen LogP contribution in [0.4, 0.5) is 0 Å². The number of amides is 1. The molecule has 0 radical (unpaired) electrons. The zero-order chi connectivity index (χ0) is 16.8. The van der Waals surface area contributed by atoms with Crippen LogP contribution in [0.5, 0.6) is 0 Å². The van der Waals surface area contributed by atoms with E-state index in [1.807, 2.05) is 31.2 Å². The van der Waals surface area contributed by atoms with E-state index >= 15 is 0 Å². The molecule has 1 fully saturated rings. The van der Waals surface area contributed by atoms with Crippen LogP contribution in [0.15, 0.2) is 40.9 Å². The monoisotopic (exact) mass is 329 g/mol. The van der Waals surface area contributed by atoms with Crippen LogP contribution in [0, 0.1) is 6.92 Å². The van der Waals surface area contributed by atoms with Gasteiger partial charge in [-0.1, -0.05) is 35.5 Å². The van der Waals surface area contributed by atoms with E-state index in [2.05, 4.69) is 27.5 Å². The highest BCUT2D eigenvalue weighted by atomic mass is 16.5. The van der Waals surface area contributed by atoms with Crippen LogP contribution in [-0.2, 0) is 22.6 Å². The number of ether oxygens (including phenoxy) is 1. The minimum atomic E-state index is -0.0680. The Balaban J connectivity index is 1.43. The summed E-state index contributed by atoms with van der Waals surface area (Å²) < 4.78 is 10.7. The molecule has 1 aromatic carbocycles. The second kappa shape index (κ2) is 8.08. The molecule has 6 heteroatoms. The molecule has 1 aliphatic rings. The van der Waals surface area contributed by atoms with Crippen molar-refractivity contribution in [2.45, 2.75) is 32.5 Å². The van der Waals surface area contributed by atoms with E-state index < -0.39 is 0 Å². The molecule has 1 aliphatic heterocycles. The second-order valence-electron chi connectivity index (χ2n) is 6.12. The van der Waals surface area contributed by atoms with Crippen molar-refractivity contribution in [2.24, 2.45) is 0 Å². The lowest BCUT2D eigenvalue weighted by molar-refractivity contribution is -0.126. The van der Waals surface area contributed by atoms with E-state index in [0.717, 1.165) is 31.1 Å². The molecule has 0 unspecified atom stereocenters. The van der Waals surface area contributed by atoms with E-state index in [4.69, 9.17) is 9.26 Å². The normalized spacial score (nSPS) is 18.5. The van der Waals surface area contributed by atoms with Crippen LogP contribution < -0.4 is 5.32 Å². The molecule has 1 saturated heterocycles. The van der Waals surface area contributed by atoms with Gasteiger partial charge in [0.2, 0.25) is 5.91 Å². The topological polar surface area (TPSA) is 67.6 Å². The lowest BCUT2D eigenvalue weighted by Gasteiger charge is -2.32. The van der Waals surface area contributed by atoms with Crippen molar-refractivity contribution in [3.05, 3.63) is 53.4 Å². The van der Waals surface area contributed by atoms with Crippen LogP contribution in [0.3, 0.4) is 0 Å². The summed E-state index contributed by atoms with van der Waals surface area (Å²) in [5, 5.41) is 6.73. The van der Waals surface area contributed by atoms with Crippen LogP contribution in [-0.4, -0.2) is 41.8 Å². The number of nitrogens with one attached hydrogen (secondary N) is 1. The summed E-state index contributed by atoms with van der Waals surface area (Å²) in [4.78, 5) is 14.4. The fraction of sp³-hybridized carbons (Fsp3) is 0.444. The van der Waals surface area contributed by atoms with Gasteiger partial charge in [0.1, 0.15) is 11.5 Å². The molecule has 0 bridgehead atoms. The molecule has 1 amide bonds. The second-order valence-corrected chi connectivity index (χ2v) is 6.12. The SMILES string of the molecule is Cc1cc(CNC(=O)C[C@@H]2CN(Cc3ccccc3)CCO2)no1. The number of rotatable bonds is 6. The van der Waals surface area contributed by atoms with Gasteiger partial charge in [-0.3, -0.25) is 9.69 Å². The first-order valence-electron chi connectivity index (χ1n) is 8.26. The maximum Gasteiger partial charge on any atom is 0.222 e. The van der Waals surface area contributed by atoms with Crippen molar-refractivity contribution >= 4 is 5.91 Å². The van der Waals surface area contributed by atoms with Crippen molar-refractivity contribution < 1.29 is 14.1 Å². The van der Waals surface area contributed by atoms with E-state index in [0.29, 0.717) is 19.6 Å². The highest BCUT2D eigenvalue weighted by molar-refractivity contribution is 5.76. The number of hydrogen-bond acceptors (Lipinski definition) is 5. The zero-order valence-corrected chi connectivity index (χ0v) is 13.9. The number of carbonyl (C=O) groups is 1. The fourth-order valence-electron chi connectivity index (χ4n) is 2.86. The van der Waals surface area contributed by atoms with Gasteiger partial charge in [-0.25, -0.2) is 0 Å². The number of morpholine rings is 1. The van der Waals surface area contributed by atoms with Crippen molar-refractivity contribution in [1.82, 2.24) is 15.4 Å². The van der Waals surface area contributed by atoms with Gasteiger partial charge in [0.05, 0.1) is 25.7 Å². The van der Waals surface area contributed by atoms with Crippen LogP contribution in [0.25, 0.3) is 0 Å². The van der Waals surface area contributed by atoms with Crippen molar-refractivity contribution in [2.75, 3.05) is 19.7 Å². The molecular weight excluding hydrogens is 306 g/mol. The third kappa shape index (κ3) is 4.91. The largest absolute Gasteiger partial charge is 0.375 e. The predicted octanol–water partition coefficient (Wildman–Crippen LogP) is 1.89. The third-order valence-electron chi connectivity index (χ3n) is 4.03. The Hall–Kier alpha value is -2.18. The first-order chi connectivity index (χ1) is 11.7. The number of carbonyl (C=O) groups excluding carboxylic acids is 1. The lowest BCUT2D eigenvalue weighted by atomic mass is 10.1. The van der Waals surface area contributed by atoms with Crippen LogP contribution in [0.1, 0.15) is 23.4 Å². The molecular formula is C18H23N3O3. The van der Waals surface area contributed by atoms with Crippen molar-refractivity contribution in [1.29, 1.82) is 0 Å². The number of hydrogen-bond donors (Lipinski definition) is 1. The minimum Gasteiger partial charge on any atom is -0.375 e. The summed E-state index contributed by atoms with van der Waals surface area (Å²) in [6.45, 7) is 5.43. The minimum absolute atomic E-state index is 0.0257. The number of aryl methyl sites for hydroxylation is 1. The van der Waals surface area contributed by atoms with E-state index in [1.165, 1.54) is 5.56 Å². The molecule has 2 heterocycles. The van der Waals surface area contributed by atoms with Gasteiger partial charge >= 0.3 is 0 Å². The van der Waals surface area contributed by atoms with Gasteiger partial charge in [-0.2, -0.15) is 0 Å². The first-order valence-corrected chi connectivity index (χ1v) is 8.26. The van der Waals surface area contributed by atoms with Gasteiger partial charge in [0, 0.05) is 25.7 Å². The van der Waals surface area contributed by atoms with Crippen molar-refractivity contribution in [3.8, 4) is 0 Å². The average Bonchev–Trinajstić information content (AvgIpc) is 3.00. The summed E-state index contributed by atoms with van der Waals surface area (Å²) in [5.74, 6) is 0.716. The van der Waals surface area contributed by atoms with Gasteiger partial charge in [-0.15, -0.1) is 0 Å². The molecule has 0 spiro atoms. The van der Waals surface area contributed by atoms with Gasteiger partial charge < -0.3 is 14.6 Å². The Morgan fingerprint density at radius 2 is 2.21 bits per heavy atom. The van der Waals surface area contributed by atoms with E-state index in [9.17, 15) is 4.79 Å². The maximum atomic E-state index is 12.1. The molecule has 2 aromatic rings. The fourth-order valence-corrected chi connectivity index (χ4v) is 2.86. The maximum absolute atomic E-state index is 12.1. The van der Waals surface area contributed by atoms with Crippen LogP contribution in [0.2, 0.25) is 0 Å². The molecule has 0 saturated carbocycles. The standard InChI is InChI=1S/C18H23N3O3/c1-14-9-16(20-24-14)11-19-18(22)10-17-13-21(7-8-23-17)12-15-5-3-2-4-6-15/h2-6,9,17H,7-8,10-13H2,1H3,(H,19,22)/t17-/m1/s1. The molecule has 24 heavy (non-hydrogen) atoms. The zero-order valence-electron chi connectivity index (χ0n) is 13.9. The Morgan fingerprint density at radius 3 is 2.96 bits per heavy atom. The van der Waals surface area contributed by atoms with Crippen LogP contribution >= 0.6 is 0 Å². The Bertz CT molecular complexity index is 657. The molecule has 6 nitrogen and oxygen atoms in total. The molecule has 1 N–H and O–H groups in total. The molecule has 3 rings (SSSR count). The Kier molecular flexibility index (Phi) is 5.61. The Morgan fingerprint density at radius 1 is 1.38 bits per heavy atom. The first kappa shape index (κ1) is 16.7. The quantitative estimate of drug-likeness (QED) is 0.876. The van der Waals surface area contributed by atoms with Gasteiger partial charge in [0.15, 0.2) is 0 Å². The summed E-state index contributed by atoms with van der Waals surface area (Å²) in [5.41, 5.74) is 2.01.